The molecule has 0 bridgehead atoms. The SMILES string of the molecule is CCC1NC(=O)CC1(C)c1ccc(Br)cc1. The first-order chi connectivity index (χ1) is 7.56. The molecule has 2 rings (SSSR count). The van der Waals surface area contributed by atoms with E-state index in [4.69, 9.17) is 0 Å². The van der Waals surface area contributed by atoms with Crippen LogP contribution in [0.15, 0.2) is 28.7 Å². The van der Waals surface area contributed by atoms with E-state index >= 15 is 0 Å². The van der Waals surface area contributed by atoms with Crippen molar-refractivity contribution in [3.05, 3.63) is 34.3 Å². The van der Waals surface area contributed by atoms with E-state index in [2.05, 4.69) is 47.2 Å². The molecule has 86 valence electrons. The van der Waals surface area contributed by atoms with E-state index in [-0.39, 0.29) is 17.4 Å². The van der Waals surface area contributed by atoms with Crippen LogP contribution in [0.1, 0.15) is 32.3 Å². The van der Waals surface area contributed by atoms with Crippen molar-refractivity contribution in [2.75, 3.05) is 0 Å². The number of hydrogen-bond donors (Lipinski definition) is 1. The van der Waals surface area contributed by atoms with Gasteiger partial charge in [0.1, 0.15) is 0 Å². The van der Waals surface area contributed by atoms with E-state index < -0.39 is 0 Å². The zero-order chi connectivity index (χ0) is 11.8. The molecule has 1 aliphatic heterocycles. The number of rotatable bonds is 2. The number of nitrogens with one attached hydrogen (secondary N) is 1. The van der Waals surface area contributed by atoms with Crippen LogP contribution >= 0.6 is 15.9 Å². The summed E-state index contributed by atoms with van der Waals surface area (Å²) in [6, 6.07) is 8.54. The standard InChI is InChI=1S/C13H16BrNO/c1-3-11-13(2,8-12(16)15-11)9-4-6-10(14)7-5-9/h4-7,11H,3,8H2,1-2H3,(H,15,16). The molecule has 1 aromatic carbocycles. The number of halogens is 1. The molecule has 0 radical (unpaired) electrons. The largest absolute Gasteiger partial charge is 0.352 e. The Labute approximate surface area is 105 Å². The van der Waals surface area contributed by atoms with Crippen LogP contribution in [0.5, 0.6) is 0 Å². The van der Waals surface area contributed by atoms with Gasteiger partial charge in [0.25, 0.3) is 0 Å². The molecule has 1 N–H and O–H groups in total. The molecular formula is C13H16BrNO. The van der Waals surface area contributed by atoms with Gasteiger partial charge in [0, 0.05) is 22.4 Å². The molecule has 1 aliphatic rings. The lowest BCUT2D eigenvalue weighted by Crippen LogP contribution is -2.37. The molecule has 3 heteroatoms. The number of carbonyl (C=O) groups is 1. The second kappa shape index (κ2) is 4.21. The summed E-state index contributed by atoms with van der Waals surface area (Å²) in [6.45, 7) is 4.29. The van der Waals surface area contributed by atoms with Gasteiger partial charge < -0.3 is 5.32 Å². The molecule has 1 aromatic rings. The van der Waals surface area contributed by atoms with Crippen molar-refractivity contribution in [2.45, 2.75) is 38.1 Å². The Hall–Kier alpha value is -0.830. The number of hydrogen-bond acceptors (Lipinski definition) is 1. The van der Waals surface area contributed by atoms with Crippen molar-refractivity contribution < 1.29 is 4.79 Å². The van der Waals surface area contributed by atoms with Gasteiger partial charge in [-0.15, -0.1) is 0 Å². The summed E-state index contributed by atoms with van der Waals surface area (Å²) in [6.07, 6.45) is 1.56. The Morgan fingerprint density at radius 2 is 2.06 bits per heavy atom. The normalized spacial score (nSPS) is 29.2. The molecule has 1 heterocycles. The summed E-state index contributed by atoms with van der Waals surface area (Å²) in [5.41, 5.74) is 1.17. The van der Waals surface area contributed by atoms with Crippen LogP contribution in [0.2, 0.25) is 0 Å². The maximum atomic E-state index is 11.5. The van der Waals surface area contributed by atoms with E-state index in [0.29, 0.717) is 6.42 Å². The minimum atomic E-state index is -0.0630. The number of benzene rings is 1. The van der Waals surface area contributed by atoms with Crippen LogP contribution in [0, 0.1) is 0 Å². The lowest BCUT2D eigenvalue weighted by Gasteiger charge is -2.30. The van der Waals surface area contributed by atoms with Gasteiger partial charge in [0.2, 0.25) is 5.91 Å². The molecule has 2 atom stereocenters. The number of carbonyl (C=O) groups excluding carboxylic acids is 1. The highest BCUT2D eigenvalue weighted by Gasteiger charge is 2.43. The smallest absolute Gasteiger partial charge is 0.221 e. The van der Waals surface area contributed by atoms with Crippen LogP contribution in [-0.4, -0.2) is 11.9 Å². The van der Waals surface area contributed by atoms with E-state index in [1.807, 2.05) is 12.1 Å². The van der Waals surface area contributed by atoms with Gasteiger partial charge in [-0.05, 0) is 24.1 Å². The zero-order valence-corrected chi connectivity index (χ0v) is 11.2. The minimum Gasteiger partial charge on any atom is -0.352 e. The Morgan fingerprint density at radius 3 is 2.62 bits per heavy atom. The molecule has 1 fully saturated rings. The zero-order valence-electron chi connectivity index (χ0n) is 9.59. The van der Waals surface area contributed by atoms with E-state index in [9.17, 15) is 4.79 Å². The summed E-state index contributed by atoms with van der Waals surface area (Å²) >= 11 is 3.43. The maximum absolute atomic E-state index is 11.5. The van der Waals surface area contributed by atoms with Crippen molar-refractivity contribution in [3.8, 4) is 0 Å². The predicted molar refractivity (Wildman–Crippen MR) is 68.3 cm³/mol. The Kier molecular flexibility index (Phi) is 3.06. The van der Waals surface area contributed by atoms with Crippen molar-refractivity contribution >= 4 is 21.8 Å². The molecule has 2 nitrogen and oxygen atoms in total. The first-order valence-electron chi connectivity index (χ1n) is 5.61. The summed E-state index contributed by atoms with van der Waals surface area (Å²) in [7, 11) is 0. The molecule has 0 aromatic heterocycles. The van der Waals surface area contributed by atoms with E-state index in [1.54, 1.807) is 0 Å². The molecule has 2 unspecified atom stereocenters. The lowest BCUT2D eigenvalue weighted by atomic mass is 9.75. The lowest BCUT2D eigenvalue weighted by molar-refractivity contribution is -0.119. The highest BCUT2D eigenvalue weighted by Crippen LogP contribution is 2.37. The fraction of sp³-hybridized carbons (Fsp3) is 0.462. The Morgan fingerprint density at radius 1 is 1.44 bits per heavy atom. The summed E-state index contributed by atoms with van der Waals surface area (Å²) in [5, 5.41) is 3.06. The van der Waals surface area contributed by atoms with Crippen LogP contribution in [0.25, 0.3) is 0 Å². The fourth-order valence-electron chi connectivity index (χ4n) is 2.55. The average Bonchev–Trinajstić information content (AvgIpc) is 2.55. The second-order valence-corrected chi connectivity index (χ2v) is 5.55. The van der Waals surface area contributed by atoms with Crippen molar-refractivity contribution in [2.24, 2.45) is 0 Å². The predicted octanol–water partition coefficient (Wildman–Crippen LogP) is 3.01. The molecule has 1 amide bonds. The van der Waals surface area contributed by atoms with E-state index in [1.165, 1.54) is 5.56 Å². The van der Waals surface area contributed by atoms with Gasteiger partial charge in [0.05, 0.1) is 0 Å². The maximum Gasteiger partial charge on any atom is 0.221 e. The Balaban J connectivity index is 2.37. The van der Waals surface area contributed by atoms with Gasteiger partial charge in [-0.1, -0.05) is 41.9 Å². The van der Waals surface area contributed by atoms with Crippen LogP contribution < -0.4 is 5.32 Å². The van der Waals surface area contributed by atoms with Gasteiger partial charge in [0.15, 0.2) is 0 Å². The molecule has 0 spiro atoms. The average molecular weight is 282 g/mol. The highest BCUT2D eigenvalue weighted by molar-refractivity contribution is 9.10. The first kappa shape index (κ1) is 11.6. The molecule has 16 heavy (non-hydrogen) atoms. The van der Waals surface area contributed by atoms with Crippen LogP contribution in [0.3, 0.4) is 0 Å². The van der Waals surface area contributed by atoms with Gasteiger partial charge in [-0.25, -0.2) is 0 Å². The second-order valence-electron chi connectivity index (χ2n) is 4.63. The summed E-state index contributed by atoms with van der Waals surface area (Å²) < 4.78 is 1.07. The topological polar surface area (TPSA) is 29.1 Å². The fourth-order valence-corrected chi connectivity index (χ4v) is 2.81. The molecule has 0 saturated carbocycles. The molecular weight excluding hydrogens is 266 g/mol. The van der Waals surface area contributed by atoms with Gasteiger partial charge >= 0.3 is 0 Å². The van der Waals surface area contributed by atoms with Crippen molar-refractivity contribution in [1.82, 2.24) is 5.32 Å². The summed E-state index contributed by atoms with van der Waals surface area (Å²) in [5.74, 6) is 0.164. The van der Waals surface area contributed by atoms with E-state index in [0.717, 1.165) is 10.9 Å². The minimum absolute atomic E-state index is 0.0630. The third-order valence-electron chi connectivity index (χ3n) is 3.54. The first-order valence-corrected chi connectivity index (χ1v) is 6.41. The van der Waals surface area contributed by atoms with Gasteiger partial charge in [-0.2, -0.15) is 0 Å². The quantitative estimate of drug-likeness (QED) is 0.887. The molecule has 0 aliphatic carbocycles. The third kappa shape index (κ3) is 1.88. The monoisotopic (exact) mass is 281 g/mol. The van der Waals surface area contributed by atoms with Crippen LogP contribution in [0.4, 0.5) is 0 Å². The van der Waals surface area contributed by atoms with Crippen molar-refractivity contribution in [1.29, 1.82) is 0 Å². The van der Waals surface area contributed by atoms with Crippen molar-refractivity contribution in [3.63, 3.8) is 0 Å². The Bertz CT molecular complexity index is 401. The number of amides is 1. The highest BCUT2D eigenvalue weighted by atomic mass is 79.9. The van der Waals surface area contributed by atoms with Crippen LogP contribution in [-0.2, 0) is 10.2 Å². The third-order valence-corrected chi connectivity index (χ3v) is 4.07. The van der Waals surface area contributed by atoms with Gasteiger partial charge in [-0.3, -0.25) is 4.79 Å². The summed E-state index contributed by atoms with van der Waals surface area (Å²) in [4.78, 5) is 11.5. The molecule has 1 saturated heterocycles.